The van der Waals surface area contributed by atoms with Gasteiger partial charge in [0.2, 0.25) is 5.91 Å². The average Bonchev–Trinajstić information content (AvgIpc) is 3.03. The predicted molar refractivity (Wildman–Crippen MR) is 89.4 cm³/mol. The van der Waals surface area contributed by atoms with Gasteiger partial charge in [0, 0.05) is 26.1 Å². The molecule has 3 aliphatic heterocycles. The van der Waals surface area contributed by atoms with Crippen LogP contribution in [-0.2, 0) is 14.3 Å². The molecule has 2 saturated heterocycles. The molecule has 9 nitrogen and oxygen atoms in total. The Balaban J connectivity index is 1.59. The van der Waals surface area contributed by atoms with E-state index in [0.717, 1.165) is 0 Å². The van der Waals surface area contributed by atoms with Crippen LogP contribution in [0.1, 0.15) is 19.3 Å². The lowest BCUT2D eigenvalue weighted by atomic mass is 9.97. The molecule has 4 rings (SSSR count). The van der Waals surface area contributed by atoms with Crippen LogP contribution in [0.2, 0.25) is 0 Å². The Bertz CT molecular complexity index is 704. The van der Waals surface area contributed by atoms with E-state index in [-0.39, 0.29) is 23.8 Å². The van der Waals surface area contributed by atoms with E-state index in [0.29, 0.717) is 56.2 Å². The van der Waals surface area contributed by atoms with Gasteiger partial charge in [0.05, 0.1) is 19.1 Å². The van der Waals surface area contributed by atoms with Crippen LogP contribution in [0.3, 0.4) is 0 Å². The molecule has 134 valence electrons. The van der Waals surface area contributed by atoms with Crippen molar-refractivity contribution in [1.29, 1.82) is 0 Å². The maximum atomic E-state index is 12.4. The highest BCUT2D eigenvalue weighted by atomic mass is 16.5. The second-order valence-corrected chi connectivity index (χ2v) is 6.73. The number of aliphatic hydroxyl groups is 1. The number of ether oxygens (including phenoxy) is 1. The van der Waals surface area contributed by atoms with Crippen molar-refractivity contribution >= 4 is 29.2 Å². The van der Waals surface area contributed by atoms with Crippen molar-refractivity contribution in [1.82, 2.24) is 9.97 Å². The molecule has 3 aliphatic rings. The Hall–Kier alpha value is -2.42. The minimum Gasteiger partial charge on any atom is -0.469 e. The molecule has 25 heavy (non-hydrogen) atoms. The SMILES string of the molecule is COC(=O)C1CCN(c2ncnc3c2NC(=O)C2C[C@@H](O)CN32)CC1. The lowest BCUT2D eigenvalue weighted by Crippen LogP contribution is -2.45. The summed E-state index contributed by atoms with van der Waals surface area (Å²) in [4.78, 5) is 36.7. The molecule has 0 bridgehead atoms. The zero-order valence-corrected chi connectivity index (χ0v) is 14.0. The van der Waals surface area contributed by atoms with Crippen LogP contribution in [-0.4, -0.2) is 65.8 Å². The van der Waals surface area contributed by atoms with Crippen molar-refractivity contribution in [3.8, 4) is 0 Å². The number of rotatable bonds is 2. The van der Waals surface area contributed by atoms with E-state index in [2.05, 4.69) is 20.2 Å². The first-order valence-electron chi connectivity index (χ1n) is 8.52. The second kappa shape index (κ2) is 6.14. The first-order valence-corrected chi connectivity index (χ1v) is 8.52. The van der Waals surface area contributed by atoms with Gasteiger partial charge in [0.25, 0.3) is 0 Å². The van der Waals surface area contributed by atoms with Crippen LogP contribution in [0, 0.1) is 5.92 Å². The topological polar surface area (TPSA) is 108 Å². The Labute approximate surface area is 145 Å². The van der Waals surface area contributed by atoms with Gasteiger partial charge in [-0.3, -0.25) is 9.59 Å². The third-order valence-corrected chi connectivity index (χ3v) is 5.24. The van der Waals surface area contributed by atoms with Crippen molar-refractivity contribution in [3.63, 3.8) is 0 Å². The largest absolute Gasteiger partial charge is 0.469 e. The highest BCUT2D eigenvalue weighted by Gasteiger charge is 2.43. The highest BCUT2D eigenvalue weighted by Crippen LogP contribution is 2.40. The van der Waals surface area contributed by atoms with Gasteiger partial charge in [-0.1, -0.05) is 0 Å². The molecular formula is C16H21N5O4. The number of anilines is 3. The van der Waals surface area contributed by atoms with Crippen LogP contribution >= 0.6 is 0 Å². The number of aliphatic hydroxyl groups excluding tert-OH is 1. The molecule has 2 N–H and O–H groups in total. The molecular weight excluding hydrogens is 326 g/mol. The summed E-state index contributed by atoms with van der Waals surface area (Å²) in [6, 6.07) is -0.379. The Morgan fingerprint density at radius 3 is 2.76 bits per heavy atom. The number of carbonyl (C=O) groups is 2. The van der Waals surface area contributed by atoms with Crippen LogP contribution in [0.5, 0.6) is 0 Å². The average molecular weight is 347 g/mol. The fraction of sp³-hybridized carbons (Fsp3) is 0.625. The number of amides is 1. The number of carbonyl (C=O) groups excluding carboxylic acids is 2. The van der Waals surface area contributed by atoms with Crippen molar-refractivity contribution in [2.45, 2.75) is 31.4 Å². The number of methoxy groups -OCH3 is 1. The summed E-state index contributed by atoms with van der Waals surface area (Å²) in [5.41, 5.74) is 0.592. The summed E-state index contributed by atoms with van der Waals surface area (Å²) in [6.07, 6.45) is 2.74. The summed E-state index contributed by atoms with van der Waals surface area (Å²) < 4.78 is 4.82. The quantitative estimate of drug-likeness (QED) is 0.706. The van der Waals surface area contributed by atoms with Gasteiger partial charge in [-0.25, -0.2) is 9.97 Å². The molecule has 0 aliphatic carbocycles. The number of aromatic nitrogens is 2. The summed E-state index contributed by atoms with van der Waals surface area (Å²) in [5.74, 6) is 0.922. The fourth-order valence-corrected chi connectivity index (χ4v) is 3.93. The van der Waals surface area contributed by atoms with Crippen LogP contribution in [0.25, 0.3) is 0 Å². The molecule has 0 spiro atoms. The smallest absolute Gasteiger partial charge is 0.308 e. The van der Waals surface area contributed by atoms with Crippen molar-refractivity contribution in [2.75, 3.05) is 41.9 Å². The maximum absolute atomic E-state index is 12.4. The fourth-order valence-electron chi connectivity index (χ4n) is 3.93. The Morgan fingerprint density at radius 1 is 1.32 bits per heavy atom. The molecule has 2 fully saturated rings. The van der Waals surface area contributed by atoms with Gasteiger partial charge in [0.15, 0.2) is 11.6 Å². The number of hydrogen-bond donors (Lipinski definition) is 2. The lowest BCUT2D eigenvalue weighted by Gasteiger charge is -2.36. The van der Waals surface area contributed by atoms with Gasteiger partial charge in [-0.05, 0) is 12.8 Å². The van der Waals surface area contributed by atoms with Crippen LogP contribution < -0.4 is 15.1 Å². The molecule has 4 heterocycles. The van der Waals surface area contributed by atoms with E-state index >= 15 is 0 Å². The molecule has 0 radical (unpaired) electrons. The summed E-state index contributed by atoms with van der Waals surface area (Å²) in [5, 5.41) is 12.8. The summed E-state index contributed by atoms with van der Waals surface area (Å²) in [6.45, 7) is 1.71. The monoisotopic (exact) mass is 347 g/mol. The second-order valence-electron chi connectivity index (χ2n) is 6.73. The normalized spacial score (nSPS) is 26.1. The van der Waals surface area contributed by atoms with E-state index in [9.17, 15) is 14.7 Å². The van der Waals surface area contributed by atoms with Gasteiger partial charge < -0.3 is 25.0 Å². The number of esters is 1. The van der Waals surface area contributed by atoms with Crippen molar-refractivity contribution < 1.29 is 19.4 Å². The van der Waals surface area contributed by atoms with Gasteiger partial charge >= 0.3 is 5.97 Å². The molecule has 1 aromatic heterocycles. The molecule has 9 heteroatoms. The first-order chi connectivity index (χ1) is 12.1. The number of nitrogens with zero attached hydrogens (tertiary/aromatic N) is 4. The summed E-state index contributed by atoms with van der Waals surface area (Å²) in [7, 11) is 1.41. The molecule has 1 aromatic rings. The summed E-state index contributed by atoms with van der Waals surface area (Å²) >= 11 is 0. The van der Waals surface area contributed by atoms with Crippen molar-refractivity contribution in [2.24, 2.45) is 5.92 Å². The number of fused-ring (bicyclic) bond motifs is 3. The Morgan fingerprint density at radius 2 is 2.04 bits per heavy atom. The maximum Gasteiger partial charge on any atom is 0.308 e. The van der Waals surface area contributed by atoms with E-state index < -0.39 is 6.10 Å². The third-order valence-electron chi connectivity index (χ3n) is 5.24. The minimum atomic E-state index is -0.532. The molecule has 2 atom stereocenters. The first kappa shape index (κ1) is 16.1. The van der Waals surface area contributed by atoms with Crippen LogP contribution in [0.4, 0.5) is 17.3 Å². The van der Waals surface area contributed by atoms with Crippen molar-refractivity contribution in [3.05, 3.63) is 6.33 Å². The van der Waals surface area contributed by atoms with E-state index in [4.69, 9.17) is 4.74 Å². The van der Waals surface area contributed by atoms with Gasteiger partial charge in [-0.15, -0.1) is 0 Å². The zero-order valence-electron chi connectivity index (χ0n) is 14.0. The van der Waals surface area contributed by atoms with Gasteiger partial charge in [-0.2, -0.15) is 0 Å². The number of hydrogen-bond acceptors (Lipinski definition) is 8. The van der Waals surface area contributed by atoms with E-state index in [1.807, 2.05) is 4.90 Å². The standard InChI is InChI=1S/C16H21N5O4/c1-25-16(24)9-2-4-20(5-3-9)13-12-14(18-8-17-13)21-7-10(22)6-11(21)15(23)19-12/h8-11,22H,2-7H2,1H3,(H,19,23)/t10-,11?/m1/s1. The molecule has 0 saturated carbocycles. The number of nitrogens with one attached hydrogen (secondary N) is 1. The molecule has 1 unspecified atom stereocenters. The van der Waals surface area contributed by atoms with Crippen LogP contribution in [0.15, 0.2) is 6.33 Å². The lowest BCUT2D eigenvalue weighted by molar-refractivity contribution is -0.146. The van der Waals surface area contributed by atoms with E-state index in [1.54, 1.807) is 0 Å². The van der Waals surface area contributed by atoms with E-state index in [1.165, 1.54) is 13.4 Å². The minimum absolute atomic E-state index is 0.0911. The zero-order chi connectivity index (χ0) is 17.6. The number of piperidine rings is 1. The highest BCUT2D eigenvalue weighted by molar-refractivity contribution is 6.06. The predicted octanol–water partition coefficient (Wildman–Crippen LogP) is -0.242. The molecule has 1 amide bonds. The molecule has 0 aromatic carbocycles. The third kappa shape index (κ3) is 2.68. The Kier molecular flexibility index (Phi) is 3.95. The van der Waals surface area contributed by atoms with Gasteiger partial charge in [0.1, 0.15) is 18.1 Å².